The predicted molar refractivity (Wildman–Crippen MR) is 206 cm³/mol. The number of fused-ring (bicyclic) bond motifs is 6. The van der Waals surface area contributed by atoms with Crippen molar-refractivity contribution in [3.05, 3.63) is 88.5 Å². The highest BCUT2D eigenvalue weighted by Gasteiger charge is 2.68. The molecule has 2 aliphatic carbocycles. The van der Waals surface area contributed by atoms with Crippen LogP contribution in [0.2, 0.25) is 5.02 Å². The molecule has 4 heterocycles. The fraction of sp³-hybridized carbons (Fsp3) is 0.357. The van der Waals surface area contributed by atoms with Gasteiger partial charge in [0.25, 0.3) is 0 Å². The Hall–Kier alpha value is -4.80. The molecule has 1 saturated carbocycles. The Balaban J connectivity index is 1.21. The number of thiophene rings is 1. The first kappa shape index (κ1) is 34.0. The van der Waals surface area contributed by atoms with Crippen molar-refractivity contribution >= 4 is 73.2 Å². The molecule has 1 N–H and O–H groups in total. The number of halogens is 1. The van der Waals surface area contributed by atoms with Gasteiger partial charge in [0.2, 0.25) is 23.6 Å². The molecule has 2 aromatic heterocycles. The van der Waals surface area contributed by atoms with Crippen molar-refractivity contribution < 1.29 is 24.3 Å². The van der Waals surface area contributed by atoms with E-state index in [4.69, 9.17) is 16.7 Å². The van der Waals surface area contributed by atoms with E-state index in [1.54, 1.807) is 35.2 Å². The highest BCUT2D eigenvalue weighted by molar-refractivity contribution is 7.22. The van der Waals surface area contributed by atoms with Crippen LogP contribution in [0, 0.1) is 36.0 Å². The second-order valence-corrected chi connectivity index (χ2v) is 17.8. The summed E-state index contributed by atoms with van der Waals surface area (Å²) in [6.07, 6.45) is 2.59. The number of aromatic nitrogens is 2. The summed E-state index contributed by atoms with van der Waals surface area (Å²) >= 11 is 7.90. The highest BCUT2D eigenvalue weighted by Crippen LogP contribution is 2.65. The van der Waals surface area contributed by atoms with Crippen LogP contribution in [0.25, 0.3) is 31.4 Å². The minimum absolute atomic E-state index is 0.0179. The van der Waals surface area contributed by atoms with Crippen LogP contribution in [0.5, 0.6) is 5.75 Å². The third-order valence-electron chi connectivity index (χ3n) is 12.4. The fourth-order valence-electron chi connectivity index (χ4n) is 10.0. The average molecular weight is 747 g/mol. The van der Waals surface area contributed by atoms with Crippen molar-refractivity contribution in [3.63, 3.8) is 0 Å². The zero-order chi connectivity index (χ0) is 37.5. The molecule has 0 bridgehead atoms. The number of nitrogens with zero attached hydrogens (tertiary/aromatic N) is 4. The van der Waals surface area contributed by atoms with Crippen LogP contribution in [-0.2, 0) is 26.2 Å². The summed E-state index contributed by atoms with van der Waals surface area (Å²) in [5, 5.41) is 19.9. The van der Waals surface area contributed by atoms with Crippen LogP contribution < -0.4 is 4.90 Å². The topological polar surface area (TPSA) is 113 Å². The maximum absolute atomic E-state index is 15.3. The number of carbonyl (C=O) groups excluding carboxylic acids is 4. The quantitative estimate of drug-likeness (QED) is 0.147. The minimum atomic E-state index is -1.32. The molecule has 6 unspecified atom stereocenters. The van der Waals surface area contributed by atoms with Gasteiger partial charge in [0.15, 0.2) is 0 Å². The molecular weight excluding hydrogens is 708 g/mol. The van der Waals surface area contributed by atoms with E-state index in [0.717, 1.165) is 36.9 Å². The Bertz CT molecular complexity index is 2510. The SMILES string of the molecule is Cc1c(-c2cc(N3C(=O)C4CC5C(=CCC6C(=O)N(C(C)(C)C)C(=O)C65)C(c5c(O)ccc6ccccc56)C4(C)C3=O)n(C)n2)sc2ccc(Cl)cc12. The van der Waals surface area contributed by atoms with Gasteiger partial charge >= 0.3 is 0 Å². The molecule has 4 aliphatic rings. The van der Waals surface area contributed by atoms with Crippen LogP contribution in [-0.4, -0.2) is 49.0 Å². The summed E-state index contributed by atoms with van der Waals surface area (Å²) in [5.41, 5.74) is 1.00. The van der Waals surface area contributed by atoms with Crippen molar-refractivity contribution in [3.8, 4) is 16.3 Å². The van der Waals surface area contributed by atoms with Gasteiger partial charge in [-0.2, -0.15) is 5.10 Å². The highest BCUT2D eigenvalue weighted by atomic mass is 35.5. The molecule has 3 aromatic carbocycles. The molecule has 0 spiro atoms. The third kappa shape index (κ3) is 4.57. The molecule has 9 rings (SSSR count). The van der Waals surface area contributed by atoms with E-state index in [1.165, 1.54) is 9.80 Å². The monoisotopic (exact) mass is 746 g/mol. The molecule has 2 saturated heterocycles. The predicted octanol–water partition coefficient (Wildman–Crippen LogP) is 8.15. The van der Waals surface area contributed by atoms with Gasteiger partial charge in [-0.15, -0.1) is 11.3 Å². The number of aryl methyl sites for hydroxylation is 2. The second-order valence-electron chi connectivity index (χ2n) is 16.3. The first-order valence-electron chi connectivity index (χ1n) is 18.0. The Morgan fingerprint density at radius 1 is 0.943 bits per heavy atom. The van der Waals surface area contributed by atoms with Crippen molar-refractivity contribution in [1.82, 2.24) is 14.7 Å². The molecular formula is C42H39ClN4O5S. The van der Waals surface area contributed by atoms with Crippen molar-refractivity contribution in [2.45, 2.75) is 58.9 Å². The molecule has 3 fully saturated rings. The lowest BCUT2D eigenvalue weighted by atomic mass is 9.51. The number of hydrogen-bond donors (Lipinski definition) is 1. The zero-order valence-corrected chi connectivity index (χ0v) is 31.9. The lowest BCUT2D eigenvalue weighted by molar-refractivity contribution is -0.145. The van der Waals surface area contributed by atoms with Gasteiger partial charge in [0.05, 0.1) is 28.0 Å². The van der Waals surface area contributed by atoms with Crippen molar-refractivity contribution in [2.24, 2.45) is 36.1 Å². The van der Waals surface area contributed by atoms with E-state index in [9.17, 15) is 19.5 Å². The first-order chi connectivity index (χ1) is 25.1. The summed E-state index contributed by atoms with van der Waals surface area (Å²) in [4.78, 5) is 62.0. The molecule has 2 aliphatic heterocycles. The van der Waals surface area contributed by atoms with Crippen LogP contribution in [0.3, 0.4) is 0 Å². The number of allylic oxidation sites excluding steroid dienone is 2. The van der Waals surface area contributed by atoms with Gasteiger partial charge in [-0.3, -0.25) is 28.8 Å². The summed E-state index contributed by atoms with van der Waals surface area (Å²) in [7, 11) is 1.73. The molecule has 11 heteroatoms. The van der Waals surface area contributed by atoms with Crippen LogP contribution in [0.15, 0.2) is 72.3 Å². The minimum Gasteiger partial charge on any atom is -0.508 e. The largest absolute Gasteiger partial charge is 0.508 e. The lowest BCUT2D eigenvalue weighted by Gasteiger charge is -2.49. The average Bonchev–Trinajstić information content (AvgIpc) is 3.78. The molecule has 4 amide bonds. The molecule has 9 nitrogen and oxygen atoms in total. The van der Waals surface area contributed by atoms with E-state index in [1.807, 2.05) is 89.2 Å². The third-order valence-corrected chi connectivity index (χ3v) is 13.9. The summed E-state index contributed by atoms with van der Waals surface area (Å²) in [6, 6.07) is 18.7. The standard InChI is InChI=1S/C42H39ClN4O5S/c1-20-26-17-22(43)12-16-31(26)53-36(20)29-19-32(45(6)44-29)46-38(50)28-18-27-24(13-14-25-33(27)39(51)47(37(25)49)41(2,3)4)35(42(28,5)40(46)52)34-23-10-8-7-9-21(23)11-15-30(34)48/h7-13,15-17,19,25,27-28,33,35,48H,14,18H2,1-6H3. The Morgan fingerprint density at radius 2 is 1.70 bits per heavy atom. The number of phenolic OH excluding ortho intramolecular Hbond substituents is 1. The normalized spacial score (nSPS) is 27.2. The van der Waals surface area contributed by atoms with Crippen LogP contribution >= 0.6 is 22.9 Å². The van der Waals surface area contributed by atoms with E-state index in [-0.39, 0.29) is 35.8 Å². The number of likely N-dealkylation sites (tertiary alicyclic amines) is 1. The number of hydrogen-bond acceptors (Lipinski definition) is 7. The molecule has 270 valence electrons. The number of imide groups is 2. The van der Waals surface area contributed by atoms with Gasteiger partial charge in [0, 0.05) is 39.9 Å². The van der Waals surface area contributed by atoms with Crippen LogP contribution in [0.4, 0.5) is 5.82 Å². The van der Waals surface area contributed by atoms with Gasteiger partial charge in [-0.25, -0.2) is 4.90 Å². The lowest BCUT2D eigenvalue weighted by Crippen LogP contribution is -2.49. The molecule has 0 radical (unpaired) electrons. The maximum atomic E-state index is 15.3. The number of aromatic hydroxyl groups is 1. The van der Waals surface area contributed by atoms with E-state index < -0.39 is 40.5 Å². The van der Waals surface area contributed by atoms with Gasteiger partial charge in [-0.1, -0.05) is 53.6 Å². The van der Waals surface area contributed by atoms with Crippen molar-refractivity contribution in [2.75, 3.05) is 4.90 Å². The van der Waals surface area contributed by atoms with Gasteiger partial charge in [0.1, 0.15) is 17.3 Å². The Morgan fingerprint density at radius 3 is 2.45 bits per heavy atom. The van der Waals surface area contributed by atoms with Crippen LogP contribution in [0.1, 0.15) is 57.6 Å². The zero-order valence-electron chi connectivity index (χ0n) is 30.3. The van der Waals surface area contributed by atoms with E-state index >= 15 is 4.79 Å². The number of amides is 4. The van der Waals surface area contributed by atoms with Gasteiger partial charge < -0.3 is 5.11 Å². The maximum Gasteiger partial charge on any atom is 0.242 e. The number of carbonyl (C=O) groups is 4. The Kier molecular flexibility index (Phi) is 7.28. The summed E-state index contributed by atoms with van der Waals surface area (Å²) < 4.78 is 2.63. The number of benzene rings is 3. The van der Waals surface area contributed by atoms with E-state index in [0.29, 0.717) is 28.5 Å². The smallest absolute Gasteiger partial charge is 0.242 e. The van der Waals surface area contributed by atoms with Gasteiger partial charge in [-0.05, 0) is 99.4 Å². The van der Waals surface area contributed by atoms with E-state index in [2.05, 4.69) is 0 Å². The summed E-state index contributed by atoms with van der Waals surface area (Å²) in [5.74, 6) is -4.11. The number of anilines is 1. The van der Waals surface area contributed by atoms with Crippen molar-refractivity contribution in [1.29, 1.82) is 0 Å². The Labute approximate surface area is 315 Å². The summed E-state index contributed by atoms with van der Waals surface area (Å²) in [6.45, 7) is 9.43. The number of rotatable bonds is 3. The molecule has 6 atom stereocenters. The molecule has 5 aromatic rings. The number of phenols is 1. The first-order valence-corrected chi connectivity index (χ1v) is 19.2. The second kappa shape index (κ2) is 11.4. The fourth-order valence-corrected chi connectivity index (χ4v) is 11.3. The molecule has 53 heavy (non-hydrogen) atoms.